The molecule has 2 rings (SSSR count). The van der Waals surface area contributed by atoms with Crippen LogP contribution in [0.1, 0.15) is 10.4 Å². The zero-order valence-corrected chi connectivity index (χ0v) is 9.13. The molecule has 0 aliphatic heterocycles. The minimum absolute atomic E-state index is 0.372. The number of fused-ring (bicyclic) bond motifs is 1. The Kier molecular flexibility index (Phi) is 2.55. The van der Waals surface area contributed by atoms with Gasteiger partial charge in [-0.1, -0.05) is 0 Å². The van der Waals surface area contributed by atoms with E-state index in [0.717, 1.165) is 10.2 Å². The van der Waals surface area contributed by atoms with E-state index < -0.39 is 0 Å². The fourth-order valence-corrected chi connectivity index (χ4v) is 2.06. The number of rotatable bonds is 2. The molecule has 0 spiro atoms. The maximum absolute atomic E-state index is 11.4. The number of nitrogens with zero attached hydrogens (tertiary/aromatic N) is 1. The van der Waals surface area contributed by atoms with Crippen molar-refractivity contribution < 1.29 is 14.3 Å². The monoisotopic (exact) mass is 223 g/mol. The zero-order chi connectivity index (χ0) is 10.8. The van der Waals surface area contributed by atoms with Gasteiger partial charge in [-0.3, -0.25) is 0 Å². The molecule has 2 aromatic rings. The third kappa shape index (κ3) is 1.66. The highest BCUT2D eigenvalue weighted by atomic mass is 32.1. The van der Waals surface area contributed by atoms with Gasteiger partial charge in [0.15, 0.2) is 0 Å². The Morgan fingerprint density at radius 1 is 1.40 bits per heavy atom. The van der Waals surface area contributed by atoms with Crippen LogP contribution >= 0.6 is 11.3 Å². The van der Waals surface area contributed by atoms with Gasteiger partial charge in [-0.05, 0) is 12.1 Å². The Bertz CT molecular complexity index is 506. The summed E-state index contributed by atoms with van der Waals surface area (Å²) < 4.78 is 10.7. The van der Waals surface area contributed by atoms with Crippen LogP contribution in [-0.4, -0.2) is 25.2 Å². The van der Waals surface area contributed by atoms with Gasteiger partial charge in [0.25, 0.3) is 0 Å². The van der Waals surface area contributed by atoms with Crippen LogP contribution < -0.4 is 4.74 Å². The van der Waals surface area contributed by atoms with Crippen molar-refractivity contribution in [2.45, 2.75) is 0 Å². The summed E-state index contributed by atoms with van der Waals surface area (Å²) in [5.74, 6) is 0.220. The number of methoxy groups -OCH3 is 2. The van der Waals surface area contributed by atoms with Crippen molar-refractivity contribution in [1.29, 1.82) is 0 Å². The van der Waals surface area contributed by atoms with Crippen LogP contribution in [0, 0.1) is 0 Å². The van der Waals surface area contributed by atoms with Gasteiger partial charge in [0, 0.05) is 0 Å². The van der Waals surface area contributed by atoms with E-state index in [0.29, 0.717) is 11.3 Å². The molecule has 15 heavy (non-hydrogen) atoms. The molecule has 0 bridgehead atoms. The Hall–Kier alpha value is -1.62. The number of hydrogen-bond donors (Lipinski definition) is 0. The number of esters is 1. The van der Waals surface area contributed by atoms with E-state index in [2.05, 4.69) is 9.72 Å². The molecule has 0 unspecified atom stereocenters. The molecule has 0 N–H and O–H groups in total. The molecule has 0 saturated carbocycles. The molecule has 78 valence electrons. The summed E-state index contributed by atoms with van der Waals surface area (Å²) in [4.78, 5) is 15.5. The first-order valence-corrected chi connectivity index (χ1v) is 5.13. The van der Waals surface area contributed by atoms with E-state index >= 15 is 0 Å². The SMILES string of the molecule is COC(=O)c1cc(OC)c2ncsc2c1. The van der Waals surface area contributed by atoms with Gasteiger partial charge in [0.2, 0.25) is 0 Å². The van der Waals surface area contributed by atoms with E-state index in [-0.39, 0.29) is 5.97 Å². The predicted octanol–water partition coefficient (Wildman–Crippen LogP) is 2.09. The number of thiazole rings is 1. The number of ether oxygens (including phenoxy) is 2. The largest absolute Gasteiger partial charge is 0.494 e. The van der Waals surface area contributed by atoms with Crippen LogP contribution in [0.5, 0.6) is 5.75 Å². The summed E-state index contributed by atoms with van der Waals surface area (Å²) >= 11 is 1.46. The smallest absolute Gasteiger partial charge is 0.338 e. The van der Waals surface area contributed by atoms with E-state index in [9.17, 15) is 4.79 Å². The van der Waals surface area contributed by atoms with Crippen molar-refractivity contribution in [2.75, 3.05) is 14.2 Å². The maximum Gasteiger partial charge on any atom is 0.338 e. The normalized spacial score (nSPS) is 10.3. The standard InChI is InChI=1S/C10H9NO3S/c1-13-7-3-6(10(12)14-2)4-8-9(7)11-5-15-8/h3-5H,1-2H3. The predicted molar refractivity (Wildman–Crippen MR) is 57.5 cm³/mol. The van der Waals surface area contributed by atoms with Crippen molar-refractivity contribution >= 4 is 27.5 Å². The van der Waals surface area contributed by atoms with Crippen LogP contribution in [0.25, 0.3) is 10.2 Å². The summed E-state index contributed by atoms with van der Waals surface area (Å²) in [6, 6.07) is 3.38. The van der Waals surface area contributed by atoms with Crippen molar-refractivity contribution in [3.8, 4) is 5.75 Å². The summed E-state index contributed by atoms with van der Waals surface area (Å²) in [5, 5.41) is 0. The van der Waals surface area contributed by atoms with Crippen LogP contribution in [-0.2, 0) is 4.74 Å². The minimum atomic E-state index is -0.372. The molecule has 1 aromatic heterocycles. The molecule has 0 amide bonds. The average molecular weight is 223 g/mol. The van der Waals surface area contributed by atoms with Crippen molar-refractivity contribution in [3.05, 3.63) is 23.2 Å². The molecule has 0 aliphatic carbocycles. The van der Waals surface area contributed by atoms with Gasteiger partial charge >= 0.3 is 5.97 Å². The van der Waals surface area contributed by atoms with Crippen molar-refractivity contribution in [3.63, 3.8) is 0 Å². The topological polar surface area (TPSA) is 48.4 Å². The van der Waals surface area contributed by atoms with Crippen LogP contribution in [0.2, 0.25) is 0 Å². The lowest BCUT2D eigenvalue weighted by atomic mass is 10.2. The van der Waals surface area contributed by atoms with Gasteiger partial charge in [-0.25, -0.2) is 9.78 Å². The third-order valence-electron chi connectivity index (χ3n) is 2.04. The van der Waals surface area contributed by atoms with Gasteiger partial charge in [0.1, 0.15) is 11.3 Å². The van der Waals surface area contributed by atoms with Gasteiger partial charge < -0.3 is 9.47 Å². The molecule has 5 heteroatoms. The zero-order valence-electron chi connectivity index (χ0n) is 8.31. The lowest BCUT2D eigenvalue weighted by molar-refractivity contribution is 0.0600. The van der Waals surface area contributed by atoms with Crippen LogP contribution in [0.4, 0.5) is 0 Å². The van der Waals surface area contributed by atoms with Gasteiger partial charge in [0.05, 0.1) is 30.0 Å². The molecule has 4 nitrogen and oxygen atoms in total. The fourth-order valence-electron chi connectivity index (χ4n) is 1.33. The highest BCUT2D eigenvalue weighted by Crippen LogP contribution is 2.29. The quantitative estimate of drug-likeness (QED) is 0.731. The summed E-state index contributed by atoms with van der Waals surface area (Å²) in [6.07, 6.45) is 0. The van der Waals surface area contributed by atoms with Gasteiger partial charge in [-0.2, -0.15) is 0 Å². The first-order chi connectivity index (χ1) is 7.26. The molecular weight excluding hydrogens is 214 g/mol. The molecule has 1 aromatic carbocycles. The lowest BCUT2D eigenvalue weighted by Gasteiger charge is -2.03. The average Bonchev–Trinajstić information content (AvgIpc) is 2.74. The molecule has 1 heterocycles. The number of benzene rings is 1. The number of aromatic nitrogens is 1. The molecular formula is C10H9NO3S. The molecule has 0 fully saturated rings. The van der Waals surface area contributed by atoms with Crippen molar-refractivity contribution in [1.82, 2.24) is 4.98 Å². The van der Waals surface area contributed by atoms with E-state index in [1.807, 2.05) is 0 Å². The van der Waals surface area contributed by atoms with Gasteiger partial charge in [-0.15, -0.1) is 11.3 Å². The Morgan fingerprint density at radius 3 is 2.87 bits per heavy atom. The summed E-state index contributed by atoms with van der Waals surface area (Å²) in [6.45, 7) is 0. The highest BCUT2D eigenvalue weighted by Gasteiger charge is 2.12. The Balaban J connectivity index is 2.63. The molecule has 0 aliphatic rings. The van der Waals surface area contributed by atoms with Crippen LogP contribution in [0.15, 0.2) is 17.6 Å². The fraction of sp³-hybridized carbons (Fsp3) is 0.200. The summed E-state index contributed by atoms with van der Waals surface area (Å²) in [7, 11) is 2.90. The molecule has 0 atom stereocenters. The lowest BCUT2D eigenvalue weighted by Crippen LogP contribution is -2.01. The highest BCUT2D eigenvalue weighted by molar-refractivity contribution is 7.16. The first kappa shape index (κ1) is 9.92. The number of carbonyl (C=O) groups is 1. The number of carbonyl (C=O) groups excluding carboxylic acids is 1. The van der Waals surface area contributed by atoms with Crippen LogP contribution in [0.3, 0.4) is 0 Å². The summed E-state index contributed by atoms with van der Waals surface area (Å²) in [5.41, 5.74) is 2.97. The second kappa shape index (κ2) is 3.86. The Morgan fingerprint density at radius 2 is 2.20 bits per heavy atom. The molecule has 0 radical (unpaired) electrons. The maximum atomic E-state index is 11.4. The van der Waals surface area contributed by atoms with E-state index in [1.54, 1.807) is 24.8 Å². The second-order valence-corrected chi connectivity index (χ2v) is 3.76. The second-order valence-electron chi connectivity index (χ2n) is 2.87. The third-order valence-corrected chi connectivity index (χ3v) is 2.82. The van der Waals surface area contributed by atoms with Crippen molar-refractivity contribution in [2.24, 2.45) is 0 Å². The first-order valence-electron chi connectivity index (χ1n) is 4.26. The Labute approximate surface area is 90.5 Å². The number of hydrogen-bond acceptors (Lipinski definition) is 5. The molecule has 0 saturated heterocycles. The van der Waals surface area contributed by atoms with E-state index in [4.69, 9.17) is 4.74 Å². The van der Waals surface area contributed by atoms with E-state index in [1.165, 1.54) is 18.4 Å². The minimum Gasteiger partial charge on any atom is -0.494 e.